The topological polar surface area (TPSA) is 57.6 Å². The van der Waals surface area contributed by atoms with Crippen LogP contribution in [0.1, 0.15) is 26.7 Å². The van der Waals surface area contributed by atoms with E-state index in [1.807, 2.05) is 31.2 Å². The van der Waals surface area contributed by atoms with E-state index in [1.165, 1.54) is 4.90 Å². The van der Waals surface area contributed by atoms with Crippen molar-refractivity contribution in [2.45, 2.75) is 26.7 Å². The van der Waals surface area contributed by atoms with Gasteiger partial charge in [0.15, 0.2) is 0 Å². The van der Waals surface area contributed by atoms with E-state index in [-0.39, 0.29) is 18.9 Å². The molecule has 0 heterocycles. The summed E-state index contributed by atoms with van der Waals surface area (Å²) >= 11 is 0. The molecule has 0 spiro atoms. The molecule has 102 valence electrons. The molecule has 1 rings (SSSR count). The molecule has 4 nitrogen and oxygen atoms in total. The van der Waals surface area contributed by atoms with E-state index in [2.05, 4.69) is 0 Å². The molecule has 4 heteroatoms. The number of benzene rings is 1. The minimum Gasteiger partial charge on any atom is -0.481 e. The number of hydrogen-bond acceptors (Lipinski definition) is 2. The normalized spacial score (nSPS) is 11.2. The lowest BCUT2D eigenvalue weighted by atomic mass is 10.2. The smallest absolute Gasteiger partial charge is 0.305 e. The highest BCUT2D eigenvalue weighted by molar-refractivity contribution is 6.05. The first-order chi connectivity index (χ1) is 9.06. The molecule has 0 fully saturated rings. The van der Waals surface area contributed by atoms with Crippen molar-refractivity contribution in [3.63, 3.8) is 0 Å². The summed E-state index contributed by atoms with van der Waals surface area (Å²) in [7, 11) is 0. The Bertz CT molecular complexity index is 466. The zero-order valence-electron chi connectivity index (χ0n) is 11.3. The molecule has 0 radical (unpaired) electrons. The number of hydrogen-bond donors (Lipinski definition) is 1. The quantitative estimate of drug-likeness (QED) is 0.801. The van der Waals surface area contributed by atoms with E-state index < -0.39 is 5.97 Å². The van der Waals surface area contributed by atoms with Crippen LogP contribution in [0.25, 0.3) is 0 Å². The van der Waals surface area contributed by atoms with Crippen LogP contribution in [0.3, 0.4) is 0 Å². The average molecular weight is 261 g/mol. The number of carboxylic acids is 1. The second-order valence-corrected chi connectivity index (χ2v) is 4.23. The highest BCUT2D eigenvalue weighted by atomic mass is 16.4. The largest absolute Gasteiger partial charge is 0.481 e. The first kappa shape index (κ1) is 15.0. The molecule has 0 bridgehead atoms. The summed E-state index contributed by atoms with van der Waals surface area (Å²) in [5.74, 6) is -1.06. The molecule has 1 aromatic rings. The standard InChI is InChI=1S/C15H19NO3/c1-3-7-12(2)15(19)16(11-10-14(17)18)13-8-5-4-6-9-13/h4-9H,3,10-11H2,1-2H3,(H,17,18)/b12-7+. The predicted molar refractivity (Wildman–Crippen MR) is 75.1 cm³/mol. The Hall–Kier alpha value is -2.10. The van der Waals surface area contributed by atoms with Crippen LogP contribution in [-0.2, 0) is 9.59 Å². The fourth-order valence-electron chi connectivity index (χ4n) is 1.77. The van der Waals surface area contributed by atoms with Crippen molar-refractivity contribution in [3.8, 4) is 0 Å². The number of amides is 1. The molecule has 0 aliphatic heterocycles. The Morgan fingerprint density at radius 3 is 2.42 bits per heavy atom. The first-order valence-electron chi connectivity index (χ1n) is 6.31. The number of para-hydroxylation sites is 1. The van der Waals surface area contributed by atoms with E-state index in [1.54, 1.807) is 19.1 Å². The van der Waals surface area contributed by atoms with Crippen molar-refractivity contribution in [3.05, 3.63) is 42.0 Å². The van der Waals surface area contributed by atoms with Gasteiger partial charge in [-0.3, -0.25) is 9.59 Å². The van der Waals surface area contributed by atoms with Gasteiger partial charge in [0.25, 0.3) is 5.91 Å². The fourth-order valence-corrected chi connectivity index (χ4v) is 1.77. The summed E-state index contributed by atoms with van der Waals surface area (Å²) in [6.07, 6.45) is 2.55. The average Bonchev–Trinajstić information content (AvgIpc) is 2.40. The lowest BCUT2D eigenvalue weighted by molar-refractivity contribution is -0.136. The van der Waals surface area contributed by atoms with E-state index in [4.69, 9.17) is 5.11 Å². The number of allylic oxidation sites excluding steroid dienone is 1. The Morgan fingerprint density at radius 1 is 1.26 bits per heavy atom. The highest BCUT2D eigenvalue weighted by Crippen LogP contribution is 2.16. The maximum Gasteiger partial charge on any atom is 0.305 e. The van der Waals surface area contributed by atoms with Gasteiger partial charge in [0.05, 0.1) is 6.42 Å². The lowest BCUT2D eigenvalue weighted by Crippen LogP contribution is -2.33. The van der Waals surface area contributed by atoms with Gasteiger partial charge < -0.3 is 10.0 Å². The van der Waals surface area contributed by atoms with Crippen molar-refractivity contribution in [1.29, 1.82) is 0 Å². The Morgan fingerprint density at radius 2 is 1.89 bits per heavy atom. The van der Waals surface area contributed by atoms with Crippen molar-refractivity contribution in [2.75, 3.05) is 11.4 Å². The van der Waals surface area contributed by atoms with Gasteiger partial charge in [-0.25, -0.2) is 0 Å². The SMILES string of the molecule is CC/C=C(\C)C(=O)N(CCC(=O)O)c1ccccc1. The van der Waals surface area contributed by atoms with Crippen molar-refractivity contribution in [1.82, 2.24) is 0 Å². The van der Waals surface area contributed by atoms with E-state index in [0.717, 1.165) is 12.1 Å². The molecule has 1 N–H and O–H groups in total. The molecule has 0 unspecified atom stereocenters. The zero-order chi connectivity index (χ0) is 14.3. The van der Waals surface area contributed by atoms with Crippen LogP contribution in [0.5, 0.6) is 0 Å². The third-order valence-corrected chi connectivity index (χ3v) is 2.71. The minimum absolute atomic E-state index is 0.0694. The summed E-state index contributed by atoms with van der Waals surface area (Å²) < 4.78 is 0. The molecule has 19 heavy (non-hydrogen) atoms. The molecule has 0 saturated heterocycles. The summed E-state index contributed by atoms with van der Waals surface area (Å²) in [6.45, 7) is 3.89. The Kier molecular flexibility index (Phi) is 5.79. The monoisotopic (exact) mass is 261 g/mol. The number of nitrogens with zero attached hydrogens (tertiary/aromatic N) is 1. The first-order valence-corrected chi connectivity index (χ1v) is 6.31. The van der Waals surface area contributed by atoms with E-state index in [0.29, 0.717) is 5.57 Å². The Balaban J connectivity index is 2.96. The fraction of sp³-hybridized carbons (Fsp3) is 0.333. The Labute approximate surface area is 113 Å². The molecule has 0 atom stereocenters. The maximum atomic E-state index is 12.3. The highest BCUT2D eigenvalue weighted by Gasteiger charge is 2.17. The molecule has 0 aliphatic rings. The molecule has 0 saturated carbocycles. The van der Waals surface area contributed by atoms with Gasteiger partial charge in [0.2, 0.25) is 0 Å². The van der Waals surface area contributed by atoms with Crippen LogP contribution in [0, 0.1) is 0 Å². The molecular formula is C15H19NO3. The van der Waals surface area contributed by atoms with Gasteiger partial charge in [-0.05, 0) is 25.5 Å². The minimum atomic E-state index is -0.911. The van der Waals surface area contributed by atoms with Crippen LogP contribution in [0.4, 0.5) is 5.69 Å². The molecule has 0 aromatic heterocycles. The van der Waals surface area contributed by atoms with Gasteiger partial charge in [-0.15, -0.1) is 0 Å². The van der Waals surface area contributed by atoms with Crippen LogP contribution in [0.2, 0.25) is 0 Å². The lowest BCUT2D eigenvalue weighted by Gasteiger charge is -2.22. The number of carbonyl (C=O) groups excluding carboxylic acids is 1. The number of carbonyl (C=O) groups is 2. The van der Waals surface area contributed by atoms with Gasteiger partial charge in [-0.2, -0.15) is 0 Å². The van der Waals surface area contributed by atoms with Crippen molar-refractivity contribution < 1.29 is 14.7 Å². The molecule has 1 aromatic carbocycles. The van der Waals surface area contributed by atoms with Crippen molar-refractivity contribution >= 4 is 17.6 Å². The molecule has 0 aliphatic carbocycles. The number of carboxylic acid groups (broad SMARTS) is 1. The second kappa shape index (κ2) is 7.36. The van der Waals surface area contributed by atoms with Gasteiger partial charge in [0, 0.05) is 17.8 Å². The van der Waals surface area contributed by atoms with Gasteiger partial charge in [-0.1, -0.05) is 31.2 Å². The van der Waals surface area contributed by atoms with E-state index in [9.17, 15) is 9.59 Å². The summed E-state index contributed by atoms with van der Waals surface area (Å²) in [5, 5.41) is 8.78. The molecule has 1 amide bonds. The third-order valence-electron chi connectivity index (χ3n) is 2.71. The number of anilines is 1. The summed E-state index contributed by atoms with van der Waals surface area (Å²) in [5.41, 5.74) is 1.36. The summed E-state index contributed by atoms with van der Waals surface area (Å²) in [6, 6.07) is 9.13. The summed E-state index contributed by atoms with van der Waals surface area (Å²) in [4.78, 5) is 24.5. The second-order valence-electron chi connectivity index (χ2n) is 4.23. The van der Waals surface area contributed by atoms with Crippen LogP contribution in [-0.4, -0.2) is 23.5 Å². The predicted octanol–water partition coefficient (Wildman–Crippen LogP) is 2.85. The maximum absolute atomic E-state index is 12.3. The zero-order valence-corrected chi connectivity index (χ0v) is 11.3. The van der Waals surface area contributed by atoms with Gasteiger partial charge >= 0.3 is 5.97 Å². The third kappa shape index (κ3) is 4.58. The van der Waals surface area contributed by atoms with Gasteiger partial charge in [0.1, 0.15) is 0 Å². The van der Waals surface area contributed by atoms with Crippen LogP contribution in [0.15, 0.2) is 42.0 Å². The van der Waals surface area contributed by atoms with Crippen molar-refractivity contribution in [2.24, 2.45) is 0 Å². The molecular weight excluding hydrogens is 242 g/mol. The van der Waals surface area contributed by atoms with E-state index >= 15 is 0 Å². The number of aliphatic carboxylic acids is 1. The van der Waals surface area contributed by atoms with Crippen LogP contribution < -0.4 is 4.90 Å². The van der Waals surface area contributed by atoms with Crippen LogP contribution >= 0.6 is 0 Å². The number of rotatable bonds is 6.